The number of carbonyl (C=O) groups excluding carboxylic acids is 2. The zero-order valence-electron chi connectivity index (χ0n) is 18.0. The number of benzene rings is 1. The molecule has 2 amide bonds. The third kappa shape index (κ3) is 5.61. The van der Waals surface area contributed by atoms with Gasteiger partial charge in [-0.1, -0.05) is 18.7 Å². The van der Waals surface area contributed by atoms with Gasteiger partial charge in [0.05, 0.1) is 11.7 Å². The second-order valence-electron chi connectivity index (χ2n) is 7.71. The number of fused-ring (bicyclic) bond motifs is 1. The Morgan fingerprint density at radius 2 is 2.06 bits per heavy atom. The quantitative estimate of drug-likeness (QED) is 0.583. The lowest BCUT2D eigenvalue weighted by atomic mass is 9.97. The molecule has 32 heavy (non-hydrogen) atoms. The van der Waals surface area contributed by atoms with Crippen LogP contribution in [0.5, 0.6) is 11.5 Å². The maximum atomic E-state index is 12.3. The minimum Gasteiger partial charge on any atom is -0.454 e. The van der Waals surface area contributed by atoms with Crippen LogP contribution in [0.25, 0.3) is 0 Å². The van der Waals surface area contributed by atoms with Crippen LogP contribution in [0.3, 0.4) is 0 Å². The van der Waals surface area contributed by atoms with E-state index in [4.69, 9.17) is 9.47 Å². The average molecular weight is 458 g/mol. The molecule has 2 aliphatic heterocycles. The molecule has 0 radical (unpaired) electrons. The molecule has 1 atom stereocenters. The Kier molecular flexibility index (Phi) is 7.31. The summed E-state index contributed by atoms with van der Waals surface area (Å²) < 4.78 is 10.6. The van der Waals surface area contributed by atoms with Crippen molar-refractivity contribution in [1.82, 2.24) is 15.5 Å². The van der Waals surface area contributed by atoms with Gasteiger partial charge >= 0.3 is 0 Å². The van der Waals surface area contributed by atoms with Gasteiger partial charge in [-0.3, -0.25) is 9.59 Å². The molecule has 0 bridgehead atoms. The second kappa shape index (κ2) is 10.5. The number of thioether (sulfide) groups is 1. The number of ether oxygens (including phenoxy) is 2. The molecular formula is C22H27N5O4S. The van der Waals surface area contributed by atoms with E-state index in [2.05, 4.69) is 25.7 Å². The highest BCUT2D eigenvalue weighted by molar-refractivity contribution is 7.99. The molecule has 3 heterocycles. The predicted octanol–water partition coefficient (Wildman–Crippen LogP) is 2.68. The van der Waals surface area contributed by atoms with Gasteiger partial charge in [0.1, 0.15) is 5.03 Å². The third-order valence-corrected chi connectivity index (χ3v) is 6.22. The smallest absolute Gasteiger partial charge is 0.234 e. The molecule has 1 unspecified atom stereocenters. The number of piperidine rings is 1. The monoisotopic (exact) mass is 457 g/mol. The van der Waals surface area contributed by atoms with Gasteiger partial charge in [0.25, 0.3) is 0 Å². The van der Waals surface area contributed by atoms with Crippen LogP contribution in [-0.2, 0) is 9.59 Å². The van der Waals surface area contributed by atoms with E-state index < -0.39 is 0 Å². The highest BCUT2D eigenvalue weighted by Crippen LogP contribution is 2.34. The van der Waals surface area contributed by atoms with Gasteiger partial charge in [-0.25, -0.2) is 0 Å². The average Bonchev–Trinajstić information content (AvgIpc) is 3.29. The van der Waals surface area contributed by atoms with Crippen LogP contribution in [0.15, 0.2) is 35.4 Å². The lowest BCUT2D eigenvalue weighted by Gasteiger charge is -2.32. The van der Waals surface area contributed by atoms with Crippen molar-refractivity contribution in [2.24, 2.45) is 5.92 Å². The number of anilines is 2. The first-order valence-corrected chi connectivity index (χ1v) is 11.8. The Bertz CT molecular complexity index is 956. The maximum absolute atomic E-state index is 12.3. The zero-order valence-corrected chi connectivity index (χ0v) is 18.8. The van der Waals surface area contributed by atoms with Crippen LogP contribution in [0.4, 0.5) is 11.5 Å². The maximum Gasteiger partial charge on any atom is 0.234 e. The molecular weight excluding hydrogens is 430 g/mol. The summed E-state index contributed by atoms with van der Waals surface area (Å²) in [6.45, 7) is 4.46. The first-order chi connectivity index (χ1) is 15.6. The molecule has 4 rings (SSSR count). The van der Waals surface area contributed by atoms with Crippen molar-refractivity contribution in [3.8, 4) is 11.5 Å². The lowest BCUT2D eigenvalue weighted by Crippen LogP contribution is -2.43. The van der Waals surface area contributed by atoms with Gasteiger partial charge in [0, 0.05) is 31.4 Å². The van der Waals surface area contributed by atoms with E-state index in [1.807, 2.05) is 19.1 Å². The van der Waals surface area contributed by atoms with Crippen molar-refractivity contribution in [3.63, 3.8) is 0 Å². The minimum absolute atomic E-state index is 0.0222. The Morgan fingerprint density at radius 1 is 1.19 bits per heavy atom. The Balaban J connectivity index is 1.26. The molecule has 0 spiro atoms. The van der Waals surface area contributed by atoms with Crippen LogP contribution in [0, 0.1) is 5.92 Å². The highest BCUT2D eigenvalue weighted by atomic mass is 32.2. The normalized spacial score (nSPS) is 17.2. The number of aromatic nitrogens is 2. The molecule has 1 saturated heterocycles. The fourth-order valence-corrected chi connectivity index (χ4v) is 4.28. The molecule has 1 fully saturated rings. The highest BCUT2D eigenvalue weighted by Gasteiger charge is 2.26. The van der Waals surface area contributed by atoms with Crippen LogP contribution in [0.2, 0.25) is 0 Å². The summed E-state index contributed by atoms with van der Waals surface area (Å²) in [5, 5.41) is 15.1. The first-order valence-electron chi connectivity index (χ1n) is 10.8. The van der Waals surface area contributed by atoms with Crippen molar-refractivity contribution < 1.29 is 19.1 Å². The van der Waals surface area contributed by atoms with Gasteiger partial charge in [0.2, 0.25) is 18.6 Å². The number of amides is 2. The summed E-state index contributed by atoms with van der Waals surface area (Å²) in [7, 11) is 0. The second-order valence-corrected chi connectivity index (χ2v) is 8.71. The van der Waals surface area contributed by atoms with Crippen molar-refractivity contribution in [3.05, 3.63) is 30.3 Å². The summed E-state index contributed by atoms with van der Waals surface area (Å²) in [5.41, 5.74) is 0.656. The van der Waals surface area contributed by atoms with Gasteiger partial charge in [-0.05, 0) is 43.5 Å². The molecule has 1 aromatic carbocycles. The Labute approximate surface area is 191 Å². The van der Waals surface area contributed by atoms with E-state index >= 15 is 0 Å². The molecule has 170 valence electrons. The van der Waals surface area contributed by atoms with E-state index in [-0.39, 0.29) is 30.3 Å². The van der Waals surface area contributed by atoms with Gasteiger partial charge < -0.3 is 25.0 Å². The largest absolute Gasteiger partial charge is 0.454 e. The van der Waals surface area contributed by atoms with E-state index in [0.29, 0.717) is 35.3 Å². The SMILES string of the molecule is CCCNC(=O)C1CCCN(c2ccc(SCC(=O)Nc3ccc4c(c3)OCO4)nn2)C1. The van der Waals surface area contributed by atoms with Crippen LogP contribution in [0.1, 0.15) is 26.2 Å². The lowest BCUT2D eigenvalue weighted by molar-refractivity contribution is -0.125. The van der Waals surface area contributed by atoms with E-state index in [1.54, 1.807) is 18.2 Å². The topological polar surface area (TPSA) is 106 Å². The molecule has 2 N–H and O–H groups in total. The third-order valence-electron chi connectivity index (χ3n) is 5.30. The van der Waals surface area contributed by atoms with E-state index in [1.165, 1.54) is 11.8 Å². The summed E-state index contributed by atoms with van der Waals surface area (Å²) in [5.74, 6) is 2.22. The van der Waals surface area contributed by atoms with Crippen LogP contribution >= 0.6 is 11.8 Å². The number of rotatable bonds is 8. The van der Waals surface area contributed by atoms with Crippen LogP contribution < -0.4 is 25.0 Å². The molecule has 9 nitrogen and oxygen atoms in total. The number of hydrogen-bond donors (Lipinski definition) is 2. The molecule has 2 aromatic rings. The standard InChI is InChI=1S/C22H27N5O4S/c1-2-9-23-22(29)15-4-3-10-27(12-15)19-7-8-21(26-25-19)32-13-20(28)24-16-5-6-17-18(11-16)31-14-30-17/h5-8,11,15H,2-4,9-10,12-14H2,1H3,(H,23,29)(H,24,28). The van der Waals surface area contributed by atoms with E-state index in [0.717, 1.165) is 31.6 Å². The first kappa shape index (κ1) is 22.2. The molecule has 2 aliphatic rings. The summed E-state index contributed by atoms with van der Waals surface area (Å²) in [4.78, 5) is 26.7. The number of nitrogens with one attached hydrogen (secondary N) is 2. The molecule has 1 aromatic heterocycles. The Hall–Kier alpha value is -3.01. The minimum atomic E-state index is -0.142. The zero-order chi connectivity index (χ0) is 22.3. The van der Waals surface area contributed by atoms with Gasteiger partial charge in [-0.15, -0.1) is 10.2 Å². The molecule has 0 saturated carbocycles. The summed E-state index contributed by atoms with van der Waals surface area (Å²) >= 11 is 1.32. The summed E-state index contributed by atoms with van der Waals surface area (Å²) in [6.07, 6.45) is 2.77. The van der Waals surface area contributed by atoms with E-state index in [9.17, 15) is 9.59 Å². The number of hydrogen-bond acceptors (Lipinski definition) is 8. The fraction of sp³-hybridized carbons (Fsp3) is 0.455. The van der Waals surface area contributed by atoms with Gasteiger partial charge in [-0.2, -0.15) is 0 Å². The van der Waals surface area contributed by atoms with Crippen molar-refractivity contribution >= 4 is 35.1 Å². The summed E-state index contributed by atoms with van der Waals surface area (Å²) in [6, 6.07) is 9.06. The number of nitrogens with zero attached hydrogens (tertiary/aromatic N) is 3. The molecule has 0 aliphatic carbocycles. The van der Waals surface area contributed by atoms with Gasteiger partial charge in [0.15, 0.2) is 17.3 Å². The van der Waals surface area contributed by atoms with Crippen molar-refractivity contribution in [2.45, 2.75) is 31.2 Å². The van der Waals surface area contributed by atoms with Crippen molar-refractivity contribution in [1.29, 1.82) is 0 Å². The van der Waals surface area contributed by atoms with Crippen molar-refractivity contribution in [2.75, 3.05) is 42.4 Å². The predicted molar refractivity (Wildman–Crippen MR) is 122 cm³/mol. The number of carbonyl (C=O) groups is 2. The molecule has 10 heteroatoms. The van der Waals surface area contributed by atoms with Crippen LogP contribution in [-0.4, -0.2) is 54.2 Å². The fourth-order valence-electron chi connectivity index (χ4n) is 3.66. The Morgan fingerprint density at radius 3 is 2.88 bits per heavy atom.